The number of carbonyl (C=O) groups is 3. The highest BCUT2D eigenvalue weighted by Gasteiger charge is 2.30. The second-order valence-corrected chi connectivity index (χ2v) is 8.11. The number of fused-ring (bicyclic) bond motifs is 1. The zero-order valence-corrected chi connectivity index (χ0v) is 17.4. The van der Waals surface area contributed by atoms with Crippen LogP contribution in [0.15, 0.2) is 41.6 Å². The van der Waals surface area contributed by atoms with Crippen LogP contribution in [0.25, 0.3) is 0 Å². The van der Waals surface area contributed by atoms with Crippen LogP contribution in [-0.2, 0) is 24.6 Å². The number of nitrogens with one attached hydrogen (secondary N) is 1. The highest BCUT2D eigenvalue weighted by molar-refractivity contribution is 6.41. The molecule has 0 aliphatic carbocycles. The third kappa shape index (κ3) is 4.41. The lowest BCUT2D eigenvalue weighted by Crippen LogP contribution is -2.30. The molecule has 30 heavy (non-hydrogen) atoms. The second kappa shape index (κ2) is 8.36. The van der Waals surface area contributed by atoms with Gasteiger partial charge in [0.15, 0.2) is 6.29 Å². The first-order chi connectivity index (χ1) is 14.1. The van der Waals surface area contributed by atoms with Gasteiger partial charge < -0.3 is 10.2 Å². The molecule has 1 aliphatic heterocycles. The van der Waals surface area contributed by atoms with E-state index < -0.39 is 29.0 Å². The van der Waals surface area contributed by atoms with Crippen LogP contribution in [-0.4, -0.2) is 23.7 Å². The number of carbonyl (C=O) groups excluding carboxylic acids is 3. The summed E-state index contributed by atoms with van der Waals surface area (Å²) >= 11 is 6.15. The summed E-state index contributed by atoms with van der Waals surface area (Å²) in [5, 5.41) is 6.73. The third-order valence-corrected chi connectivity index (χ3v) is 5.28. The van der Waals surface area contributed by atoms with Gasteiger partial charge in [-0.25, -0.2) is 4.39 Å². The number of anilines is 1. The number of ketones is 1. The average Bonchev–Trinajstić information content (AvgIpc) is 2.70. The molecular formula is C22H20ClFN2O4. The molecule has 0 saturated heterocycles. The topological polar surface area (TPSA) is 84.8 Å². The molecule has 2 aromatic rings. The van der Waals surface area contributed by atoms with E-state index in [2.05, 4.69) is 10.5 Å². The Labute approximate surface area is 178 Å². The van der Waals surface area contributed by atoms with Crippen molar-refractivity contribution in [1.29, 1.82) is 0 Å². The van der Waals surface area contributed by atoms with Crippen LogP contribution in [0.1, 0.15) is 50.0 Å². The van der Waals surface area contributed by atoms with Crippen LogP contribution in [0.3, 0.4) is 0 Å². The monoisotopic (exact) mass is 430 g/mol. The van der Waals surface area contributed by atoms with E-state index in [1.807, 2.05) is 0 Å². The van der Waals surface area contributed by atoms with Gasteiger partial charge in [0.2, 0.25) is 11.9 Å². The van der Waals surface area contributed by atoms with E-state index >= 15 is 0 Å². The largest absolute Gasteiger partial charge is 0.380 e. The van der Waals surface area contributed by atoms with Crippen LogP contribution in [0, 0.1) is 5.82 Å². The number of rotatable bonds is 6. The molecule has 0 fully saturated rings. The van der Waals surface area contributed by atoms with Crippen molar-refractivity contribution in [3.05, 3.63) is 63.9 Å². The molecule has 1 aliphatic rings. The van der Waals surface area contributed by atoms with Gasteiger partial charge in [0.1, 0.15) is 5.82 Å². The number of aldehydes is 1. The van der Waals surface area contributed by atoms with E-state index in [0.29, 0.717) is 39.4 Å². The van der Waals surface area contributed by atoms with Crippen LogP contribution in [0.5, 0.6) is 0 Å². The Morgan fingerprint density at radius 2 is 2.00 bits per heavy atom. The molecule has 2 aromatic carbocycles. The molecule has 1 heterocycles. The Morgan fingerprint density at radius 3 is 2.70 bits per heavy atom. The molecule has 0 radical (unpaired) electrons. The van der Waals surface area contributed by atoms with Crippen molar-refractivity contribution in [2.45, 2.75) is 38.7 Å². The predicted molar refractivity (Wildman–Crippen MR) is 111 cm³/mol. The molecule has 156 valence electrons. The molecule has 0 aromatic heterocycles. The van der Waals surface area contributed by atoms with Crippen molar-refractivity contribution in [2.75, 3.05) is 5.32 Å². The molecular weight excluding hydrogens is 411 g/mol. The van der Waals surface area contributed by atoms with Crippen molar-refractivity contribution in [3.8, 4) is 0 Å². The molecule has 1 unspecified atom stereocenters. The summed E-state index contributed by atoms with van der Waals surface area (Å²) in [5.74, 6) is -1.94. The van der Waals surface area contributed by atoms with Gasteiger partial charge in [0.25, 0.3) is 5.91 Å². The summed E-state index contributed by atoms with van der Waals surface area (Å²) < 4.78 is 13.6. The zero-order chi connectivity index (χ0) is 22.1. The predicted octanol–water partition coefficient (Wildman–Crippen LogP) is 4.35. The molecule has 1 N–H and O–H groups in total. The van der Waals surface area contributed by atoms with Gasteiger partial charge in [0.05, 0.1) is 5.71 Å². The minimum atomic E-state index is -0.846. The summed E-state index contributed by atoms with van der Waals surface area (Å²) in [7, 11) is 0. The maximum Gasteiger partial charge on any atom is 0.291 e. The summed E-state index contributed by atoms with van der Waals surface area (Å²) in [6.45, 7) is 5.15. The van der Waals surface area contributed by atoms with Crippen LogP contribution >= 0.6 is 11.6 Å². The maximum absolute atomic E-state index is 13.6. The normalized spacial score (nSPS) is 15.5. The fraction of sp³-hybridized carbons (Fsp3) is 0.273. The average molecular weight is 431 g/mol. The molecule has 0 bridgehead atoms. The Hall–Kier alpha value is -3.06. The fourth-order valence-corrected chi connectivity index (χ4v) is 3.70. The summed E-state index contributed by atoms with van der Waals surface area (Å²) in [6, 6.07) is 8.78. The van der Waals surface area contributed by atoms with Gasteiger partial charge in [-0.2, -0.15) is 0 Å². The number of nitrogens with zero attached hydrogens (tertiary/aromatic N) is 1. The summed E-state index contributed by atoms with van der Waals surface area (Å²) in [4.78, 5) is 41.2. The van der Waals surface area contributed by atoms with Crippen molar-refractivity contribution in [2.24, 2.45) is 5.16 Å². The minimum absolute atomic E-state index is 0.158. The summed E-state index contributed by atoms with van der Waals surface area (Å²) in [6.07, 6.45) is -0.336. The minimum Gasteiger partial charge on any atom is -0.380 e. The number of benzene rings is 2. The first kappa shape index (κ1) is 21.6. The Morgan fingerprint density at radius 1 is 1.27 bits per heavy atom. The number of Topliss-reactive ketones (excluding diaryl/α,β-unsaturated/α-hetero) is 1. The zero-order valence-electron chi connectivity index (χ0n) is 16.7. The molecule has 0 saturated carbocycles. The van der Waals surface area contributed by atoms with Gasteiger partial charge in [-0.1, -0.05) is 36.7 Å². The fourth-order valence-electron chi connectivity index (χ4n) is 3.33. The van der Waals surface area contributed by atoms with E-state index in [1.165, 1.54) is 18.2 Å². The Kier molecular flexibility index (Phi) is 6.03. The number of oxime groups is 1. The standard InChI is InChI=1S/C22H20ClFN2O4/c1-12-16-9-14(5-6-15(16)20(11-27)30-26-12)25-21(29)19(28)10-22(2,3)17-8-13(24)4-7-18(17)23/h4-9,11,20H,10H2,1-3H3,(H,25,29). The number of hydrogen-bond donors (Lipinski definition) is 1. The van der Waals surface area contributed by atoms with Crippen molar-refractivity contribution >= 4 is 41.0 Å². The van der Waals surface area contributed by atoms with Gasteiger partial charge in [-0.15, -0.1) is 0 Å². The van der Waals surface area contributed by atoms with Crippen LogP contribution in [0.2, 0.25) is 5.02 Å². The highest BCUT2D eigenvalue weighted by atomic mass is 35.5. The highest BCUT2D eigenvalue weighted by Crippen LogP contribution is 2.34. The second-order valence-electron chi connectivity index (χ2n) is 7.70. The third-order valence-electron chi connectivity index (χ3n) is 4.95. The Bertz CT molecular complexity index is 1070. The van der Waals surface area contributed by atoms with Crippen LogP contribution < -0.4 is 5.32 Å². The molecule has 1 atom stereocenters. The lowest BCUT2D eigenvalue weighted by atomic mass is 9.80. The van der Waals surface area contributed by atoms with E-state index in [9.17, 15) is 18.8 Å². The van der Waals surface area contributed by atoms with E-state index in [0.717, 1.165) is 0 Å². The van der Waals surface area contributed by atoms with E-state index in [-0.39, 0.29) is 6.42 Å². The molecule has 8 heteroatoms. The lowest BCUT2D eigenvalue weighted by Gasteiger charge is -2.25. The molecule has 0 spiro atoms. The smallest absolute Gasteiger partial charge is 0.291 e. The maximum atomic E-state index is 13.6. The molecule has 3 rings (SSSR count). The van der Waals surface area contributed by atoms with E-state index in [4.69, 9.17) is 16.4 Å². The number of hydrogen-bond acceptors (Lipinski definition) is 5. The van der Waals surface area contributed by atoms with Gasteiger partial charge in [0, 0.05) is 28.3 Å². The number of halogens is 2. The quantitative estimate of drug-likeness (QED) is 0.545. The number of amides is 1. The SMILES string of the molecule is CC1=NOC(C=O)c2ccc(NC(=O)C(=O)CC(C)(C)c3cc(F)ccc3Cl)cc21. The van der Waals surface area contributed by atoms with Gasteiger partial charge >= 0.3 is 0 Å². The van der Waals surface area contributed by atoms with Crippen molar-refractivity contribution in [1.82, 2.24) is 0 Å². The van der Waals surface area contributed by atoms with Crippen molar-refractivity contribution in [3.63, 3.8) is 0 Å². The van der Waals surface area contributed by atoms with Gasteiger partial charge in [-0.05, 0) is 48.2 Å². The Balaban J connectivity index is 1.76. The van der Waals surface area contributed by atoms with Gasteiger partial charge in [-0.3, -0.25) is 14.4 Å². The van der Waals surface area contributed by atoms with Crippen molar-refractivity contribution < 1.29 is 23.6 Å². The lowest BCUT2D eigenvalue weighted by molar-refractivity contribution is -0.135. The summed E-state index contributed by atoms with van der Waals surface area (Å²) in [5.41, 5.74) is 1.81. The first-order valence-electron chi connectivity index (χ1n) is 9.22. The first-order valence-corrected chi connectivity index (χ1v) is 9.60. The van der Waals surface area contributed by atoms with Crippen LogP contribution in [0.4, 0.5) is 10.1 Å². The molecule has 1 amide bonds. The molecule has 6 nitrogen and oxygen atoms in total. The van der Waals surface area contributed by atoms with E-state index in [1.54, 1.807) is 39.0 Å².